The van der Waals surface area contributed by atoms with Crippen LogP contribution in [0.5, 0.6) is 0 Å². The molecule has 2 N–H and O–H groups in total. The fraction of sp³-hybridized carbons (Fsp3) is 0.522. The number of rotatable bonds is 7. The normalized spacial score (nSPS) is 18.8. The fourth-order valence-electron chi connectivity index (χ4n) is 3.60. The van der Waals surface area contributed by atoms with Crippen molar-refractivity contribution in [1.82, 2.24) is 20.5 Å². The van der Waals surface area contributed by atoms with E-state index >= 15 is 0 Å². The van der Waals surface area contributed by atoms with Gasteiger partial charge < -0.3 is 20.3 Å². The van der Waals surface area contributed by atoms with E-state index in [0.29, 0.717) is 25.2 Å². The largest absolute Gasteiger partial charge is 0.372 e. The molecule has 7 nitrogen and oxygen atoms in total. The average molecular weight is 572 g/mol. The van der Waals surface area contributed by atoms with Crippen LogP contribution < -0.4 is 10.6 Å². The quantitative estimate of drug-likeness (QED) is 0.302. The molecule has 0 bridgehead atoms. The molecule has 1 aliphatic rings. The van der Waals surface area contributed by atoms with Crippen molar-refractivity contribution in [3.63, 3.8) is 0 Å². The third-order valence-electron chi connectivity index (χ3n) is 4.97. The van der Waals surface area contributed by atoms with Crippen LogP contribution in [0.2, 0.25) is 0 Å². The van der Waals surface area contributed by atoms with Gasteiger partial charge in [-0.2, -0.15) is 0 Å². The number of hydrogen-bond donors (Lipinski definition) is 2. The Labute approximate surface area is 212 Å². The number of halogens is 1. The van der Waals surface area contributed by atoms with Gasteiger partial charge in [0.2, 0.25) is 0 Å². The standard InChI is InChI=1S/C23H33N5O2S.HI/c1-5-24-23(25-11-10-21-26-12-18(4)31-21)27-13-19-6-8-20(9-7-19)22(29)28-14-16(2)30-17(3)15-28;/h6-9,12,16-17H,5,10-11,13-15H2,1-4H3,(H2,24,25,27);1H. The first-order valence-corrected chi connectivity index (χ1v) is 11.7. The second-order valence-corrected chi connectivity index (χ2v) is 9.22. The van der Waals surface area contributed by atoms with Gasteiger partial charge in [0, 0.05) is 49.2 Å². The van der Waals surface area contributed by atoms with Crippen molar-refractivity contribution >= 4 is 47.2 Å². The average Bonchev–Trinajstić information content (AvgIpc) is 3.16. The molecule has 3 rings (SSSR count). The summed E-state index contributed by atoms with van der Waals surface area (Å²) in [6, 6.07) is 7.74. The smallest absolute Gasteiger partial charge is 0.254 e. The van der Waals surface area contributed by atoms with Crippen LogP contribution in [0, 0.1) is 6.92 Å². The molecule has 9 heteroatoms. The third-order valence-corrected chi connectivity index (χ3v) is 5.94. The zero-order chi connectivity index (χ0) is 22.2. The molecule has 2 heterocycles. The van der Waals surface area contributed by atoms with Crippen molar-refractivity contribution in [2.24, 2.45) is 4.99 Å². The summed E-state index contributed by atoms with van der Waals surface area (Å²) in [5, 5.41) is 7.77. The van der Waals surface area contributed by atoms with E-state index < -0.39 is 0 Å². The van der Waals surface area contributed by atoms with Crippen molar-refractivity contribution < 1.29 is 9.53 Å². The number of thiazole rings is 1. The number of morpholine rings is 1. The van der Waals surface area contributed by atoms with E-state index in [1.54, 1.807) is 11.3 Å². The zero-order valence-corrected chi connectivity index (χ0v) is 22.4. The van der Waals surface area contributed by atoms with Gasteiger partial charge in [-0.1, -0.05) is 12.1 Å². The van der Waals surface area contributed by atoms with Gasteiger partial charge in [-0.3, -0.25) is 4.79 Å². The van der Waals surface area contributed by atoms with Gasteiger partial charge >= 0.3 is 0 Å². The van der Waals surface area contributed by atoms with Crippen molar-refractivity contribution in [3.05, 3.63) is 51.5 Å². The predicted octanol–water partition coefficient (Wildman–Crippen LogP) is 3.62. The molecule has 1 amide bonds. The maximum atomic E-state index is 12.8. The van der Waals surface area contributed by atoms with Crippen molar-refractivity contribution in [2.45, 2.75) is 52.9 Å². The highest BCUT2D eigenvalue weighted by molar-refractivity contribution is 14.0. The topological polar surface area (TPSA) is 78.9 Å². The van der Waals surface area contributed by atoms with Gasteiger partial charge in [0.1, 0.15) is 0 Å². The number of aliphatic imine (C=N–C) groups is 1. The summed E-state index contributed by atoms with van der Waals surface area (Å²) in [4.78, 5) is 25.0. The molecular weight excluding hydrogens is 537 g/mol. The number of ether oxygens (including phenoxy) is 1. The fourth-order valence-corrected chi connectivity index (χ4v) is 4.38. The number of hydrogen-bond acceptors (Lipinski definition) is 5. The van der Waals surface area contributed by atoms with E-state index in [-0.39, 0.29) is 42.1 Å². The molecule has 2 atom stereocenters. The lowest BCUT2D eigenvalue weighted by atomic mass is 10.1. The molecular formula is C23H34IN5O2S. The summed E-state index contributed by atoms with van der Waals surface area (Å²) in [6.07, 6.45) is 2.92. The summed E-state index contributed by atoms with van der Waals surface area (Å²) >= 11 is 1.73. The summed E-state index contributed by atoms with van der Waals surface area (Å²) in [5.74, 6) is 0.844. The molecule has 1 saturated heterocycles. The highest BCUT2D eigenvalue weighted by Crippen LogP contribution is 2.15. The minimum Gasteiger partial charge on any atom is -0.372 e. The van der Waals surface area contributed by atoms with E-state index in [0.717, 1.165) is 36.0 Å². The molecule has 0 radical (unpaired) electrons. The van der Waals surface area contributed by atoms with Crippen LogP contribution in [0.25, 0.3) is 0 Å². The van der Waals surface area contributed by atoms with Crippen molar-refractivity contribution in [1.29, 1.82) is 0 Å². The molecule has 176 valence electrons. The van der Waals surface area contributed by atoms with Gasteiger partial charge in [0.15, 0.2) is 5.96 Å². The van der Waals surface area contributed by atoms with E-state index in [1.165, 1.54) is 4.88 Å². The number of aryl methyl sites for hydroxylation is 1. The number of carbonyl (C=O) groups is 1. The maximum absolute atomic E-state index is 12.8. The molecule has 32 heavy (non-hydrogen) atoms. The highest BCUT2D eigenvalue weighted by Gasteiger charge is 2.26. The van der Waals surface area contributed by atoms with Crippen LogP contribution in [-0.2, 0) is 17.7 Å². The molecule has 1 aromatic carbocycles. The third kappa shape index (κ3) is 8.00. The number of amides is 1. The number of aromatic nitrogens is 1. The van der Waals surface area contributed by atoms with Crippen LogP contribution in [0.4, 0.5) is 0 Å². The van der Waals surface area contributed by atoms with E-state index in [1.807, 2.05) is 49.2 Å². The second kappa shape index (κ2) is 13.1. The second-order valence-electron chi connectivity index (χ2n) is 7.90. The first-order valence-electron chi connectivity index (χ1n) is 10.9. The summed E-state index contributed by atoms with van der Waals surface area (Å²) in [6.45, 7) is 11.5. The number of nitrogens with zero attached hydrogens (tertiary/aromatic N) is 3. The van der Waals surface area contributed by atoms with Crippen LogP contribution >= 0.6 is 35.3 Å². The number of guanidine groups is 1. The molecule has 0 spiro atoms. The SMILES string of the molecule is CCNC(=NCc1ccc(C(=O)N2CC(C)OC(C)C2)cc1)NCCc1ncc(C)s1.I. The minimum absolute atomic E-state index is 0. The molecule has 0 aliphatic carbocycles. The van der Waals surface area contributed by atoms with Crippen LogP contribution in [0.15, 0.2) is 35.5 Å². The molecule has 1 aromatic heterocycles. The van der Waals surface area contributed by atoms with Gasteiger partial charge in [0.05, 0.1) is 23.8 Å². The Bertz CT molecular complexity index is 877. The van der Waals surface area contributed by atoms with Crippen molar-refractivity contribution in [2.75, 3.05) is 26.2 Å². The molecule has 0 saturated carbocycles. The Morgan fingerprint density at radius 3 is 2.50 bits per heavy atom. The number of benzene rings is 1. The molecule has 2 aromatic rings. The summed E-state index contributed by atoms with van der Waals surface area (Å²) < 4.78 is 5.73. The Hall–Kier alpha value is -1.72. The Morgan fingerprint density at radius 2 is 1.91 bits per heavy atom. The lowest BCUT2D eigenvalue weighted by Gasteiger charge is -2.35. The van der Waals surface area contributed by atoms with Crippen LogP contribution in [0.3, 0.4) is 0 Å². The van der Waals surface area contributed by atoms with Gasteiger partial charge in [-0.05, 0) is 45.4 Å². The first kappa shape index (κ1) is 26.5. The summed E-state index contributed by atoms with van der Waals surface area (Å²) in [7, 11) is 0. The number of nitrogens with one attached hydrogen (secondary N) is 2. The lowest BCUT2D eigenvalue weighted by Crippen LogP contribution is -2.48. The monoisotopic (exact) mass is 571 g/mol. The highest BCUT2D eigenvalue weighted by atomic mass is 127. The van der Waals surface area contributed by atoms with Crippen LogP contribution in [-0.4, -0.2) is 60.1 Å². The van der Waals surface area contributed by atoms with Gasteiger partial charge in [-0.15, -0.1) is 35.3 Å². The Morgan fingerprint density at radius 1 is 1.22 bits per heavy atom. The maximum Gasteiger partial charge on any atom is 0.254 e. The predicted molar refractivity (Wildman–Crippen MR) is 141 cm³/mol. The van der Waals surface area contributed by atoms with Crippen LogP contribution in [0.1, 0.15) is 46.6 Å². The first-order chi connectivity index (χ1) is 14.9. The zero-order valence-electron chi connectivity index (χ0n) is 19.3. The van der Waals surface area contributed by atoms with E-state index in [4.69, 9.17) is 4.74 Å². The summed E-state index contributed by atoms with van der Waals surface area (Å²) in [5.41, 5.74) is 1.77. The molecule has 1 aliphatic heterocycles. The Balaban J connectivity index is 0.00000363. The van der Waals surface area contributed by atoms with Gasteiger partial charge in [0.25, 0.3) is 5.91 Å². The Kier molecular flexibility index (Phi) is 10.9. The minimum atomic E-state index is 0. The molecule has 1 fully saturated rings. The van der Waals surface area contributed by atoms with Gasteiger partial charge in [-0.25, -0.2) is 9.98 Å². The lowest BCUT2D eigenvalue weighted by molar-refractivity contribution is -0.0586. The number of carbonyl (C=O) groups excluding carboxylic acids is 1. The van der Waals surface area contributed by atoms with Crippen molar-refractivity contribution in [3.8, 4) is 0 Å². The molecule has 2 unspecified atom stereocenters. The van der Waals surface area contributed by atoms with E-state index in [9.17, 15) is 4.79 Å². The van der Waals surface area contributed by atoms with E-state index in [2.05, 4.69) is 34.5 Å².